The van der Waals surface area contributed by atoms with E-state index in [0.717, 1.165) is 57.8 Å². The third-order valence-corrected chi connectivity index (χ3v) is 6.59. The van der Waals surface area contributed by atoms with Crippen molar-refractivity contribution in [1.82, 2.24) is 29.1 Å². The van der Waals surface area contributed by atoms with Crippen molar-refractivity contribution in [2.24, 2.45) is 7.05 Å². The molecule has 0 aliphatic carbocycles. The molecule has 0 radical (unpaired) electrons. The van der Waals surface area contributed by atoms with Crippen molar-refractivity contribution < 1.29 is 0 Å². The Labute approximate surface area is 171 Å². The second-order valence-corrected chi connectivity index (χ2v) is 8.59. The van der Waals surface area contributed by atoms with Crippen LogP contribution in [0.1, 0.15) is 29.9 Å². The van der Waals surface area contributed by atoms with Gasteiger partial charge in [-0.05, 0) is 54.4 Å². The Kier molecular flexibility index (Phi) is 4.46. The van der Waals surface area contributed by atoms with E-state index in [1.165, 1.54) is 6.33 Å². The SMILES string of the molecule is Cc1cc2ncnn2cc1Nc1ncc2c(n1)c(C1CCSCC1)cc(=O)n2C. The molecular weight excluding hydrogens is 386 g/mol. The van der Waals surface area contributed by atoms with Gasteiger partial charge in [-0.1, -0.05) is 0 Å². The Morgan fingerprint density at radius 3 is 2.86 bits per heavy atom. The maximum Gasteiger partial charge on any atom is 0.251 e. The monoisotopic (exact) mass is 407 g/mol. The quantitative estimate of drug-likeness (QED) is 0.558. The Balaban J connectivity index is 1.60. The molecule has 1 aliphatic rings. The minimum absolute atomic E-state index is 0.0116. The Morgan fingerprint density at radius 2 is 2.03 bits per heavy atom. The fourth-order valence-corrected chi connectivity index (χ4v) is 4.95. The van der Waals surface area contributed by atoms with Crippen molar-refractivity contribution in [2.45, 2.75) is 25.7 Å². The van der Waals surface area contributed by atoms with Crippen LogP contribution in [-0.2, 0) is 7.05 Å². The fraction of sp³-hybridized carbons (Fsp3) is 0.350. The third kappa shape index (κ3) is 3.25. The molecule has 0 atom stereocenters. The van der Waals surface area contributed by atoms with Gasteiger partial charge in [0.1, 0.15) is 6.33 Å². The number of thioether (sulfide) groups is 1. The van der Waals surface area contributed by atoms with Crippen molar-refractivity contribution in [2.75, 3.05) is 16.8 Å². The van der Waals surface area contributed by atoms with Gasteiger partial charge >= 0.3 is 0 Å². The van der Waals surface area contributed by atoms with E-state index in [0.29, 0.717) is 11.9 Å². The summed E-state index contributed by atoms with van der Waals surface area (Å²) in [6.07, 6.45) is 7.28. The van der Waals surface area contributed by atoms with Gasteiger partial charge in [-0.25, -0.2) is 19.5 Å². The molecule has 29 heavy (non-hydrogen) atoms. The van der Waals surface area contributed by atoms with E-state index in [2.05, 4.69) is 20.4 Å². The van der Waals surface area contributed by atoms with E-state index in [4.69, 9.17) is 4.98 Å². The van der Waals surface area contributed by atoms with Crippen molar-refractivity contribution in [3.05, 3.63) is 52.3 Å². The molecule has 1 fully saturated rings. The fourth-order valence-electron chi connectivity index (χ4n) is 3.84. The smallest absolute Gasteiger partial charge is 0.251 e. The van der Waals surface area contributed by atoms with Gasteiger partial charge in [0.15, 0.2) is 5.65 Å². The third-order valence-electron chi connectivity index (χ3n) is 5.54. The molecule has 9 heteroatoms. The number of aryl methyl sites for hydroxylation is 2. The second kappa shape index (κ2) is 7.14. The van der Waals surface area contributed by atoms with E-state index < -0.39 is 0 Å². The Bertz CT molecular complexity index is 1270. The van der Waals surface area contributed by atoms with Gasteiger partial charge in [0.2, 0.25) is 5.95 Å². The molecule has 0 saturated carbocycles. The molecule has 0 aromatic carbocycles. The lowest BCUT2D eigenvalue weighted by Crippen LogP contribution is -2.20. The van der Waals surface area contributed by atoms with Crippen LogP contribution < -0.4 is 10.9 Å². The molecule has 5 heterocycles. The number of nitrogens with zero attached hydrogens (tertiary/aromatic N) is 6. The van der Waals surface area contributed by atoms with Crippen LogP contribution in [0.4, 0.5) is 11.6 Å². The summed E-state index contributed by atoms with van der Waals surface area (Å²) in [4.78, 5) is 26.0. The van der Waals surface area contributed by atoms with Crippen molar-refractivity contribution in [3.63, 3.8) is 0 Å². The molecule has 0 amide bonds. The van der Waals surface area contributed by atoms with Gasteiger partial charge in [0, 0.05) is 13.1 Å². The molecule has 1 aliphatic heterocycles. The number of anilines is 2. The summed E-state index contributed by atoms with van der Waals surface area (Å²) in [5.41, 5.74) is 5.32. The highest BCUT2D eigenvalue weighted by molar-refractivity contribution is 7.99. The zero-order chi connectivity index (χ0) is 20.0. The minimum Gasteiger partial charge on any atom is -0.323 e. The average molecular weight is 408 g/mol. The Morgan fingerprint density at radius 1 is 1.21 bits per heavy atom. The van der Waals surface area contributed by atoms with E-state index in [-0.39, 0.29) is 5.56 Å². The maximum atomic E-state index is 12.5. The minimum atomic E-state index is -0.0116. The van der Waals surface area contributed by atoms with Gasteiger partial charge in [-0.3, -0.25) is 4.79 Å². The van der Waals surface area contributed by atoms with Crippen LogP contribution in [0, 0.1) is 6.92 Å². The van der Waals surface area contributed by atoms with E-state index in [9.17, 15) is 4.79 Å². The average Bonchev–Trinajstić information content (AvgIpc) is 3.18. The first-order valence-electron chi connectivity index (χ1n) is 9.61. The van der Waals surface area contributed by atoms with Gasteiger partial charge in [-0.15, -0.1) is 0 Å². The van der Waals surface area contributed by atoms with Crippen molar-refractivity contribution in [3.8, 4) is 0 Å². The zero-order valence-electron chi connectivity index (χ0n) is 16.3. The molecule has 4 aromatic heterocycles. The van der Waals surface area contributed by atoms with Gasteiger partial charge in [0.25, 0.3) is 5.56 Å². The number of hydrogen-bond acceptors (Lipinski definition) is 7. The normalized spacial score (nSPS) is 15.2. The van der Waals surface area contributed by atoms with E-state index in [1.54, 1.807) is 28.4 Å². The van der Waals surface area contributed by atoms with Gasteiger partial charge < -0.3 is 9.88 Å². The lowest BCUT2D eigenvalue weighted by atomic mass is 9.93. The summed E-state index contributed by atoms with van der Waals surface area (Å²) in [5, 5.41) is 7.50. The van der Waals surface area contributed by atoms with Crippen LogP contribution >= 0.6 is 11.8 Å². The van der Waals surface area contributed by atoms with Crippen LogP contribution in [-0.4, -0.2) is 40.6 Å². The number of fused-ring (bicyclic) bond motifs is 2. The largest absolute Gasteiger partial charge is 0.323 e. The summed E-state index contributed by atoms with van der Waals surface area (Å²) >= 11 is 1.97. The molecule has 1 saturated heterocycles. The first-order chi connectivity index (χ1) is 14.1. The number of rotatable bonds is 3. The highest BCUT2D eigenvalue weighted by atomic mass is 32.2. The van der Waals surface area contributed by atoms with Crippen LogP contribution in [0.5, 0.6) is 0 Å². The lowest BCUT2D eigenvalue weighted by molar-refractivity contribution is 0.637. The van der Waals surface area contributed by atoms with Gasteiger partial charge in [0.05, 0.1) is 29.1 Å². The molecule has 148 valence electrons. The number of hydrogen-bond donors (Lipinski definition) is 1. The predicted molar refractivity (Wildman–Crippen MR) is 115 cm³/mol. The second-order valence-electron chi connectivity index (χ2n) is 7.37. The van der Waals surface area contributed by atoms with Crippen LogP contribution in [0.3, 0.4) is 0 Å². The summed E-state index contributed by atoms with van der Waals surface area (Å²) in [6.45, 7) is 2.01. The number of pyridine rings is 2. The maximum absolute atomic E-state index is 12.5. The topological polar surface area (TPSA) is 90.0 Å². The lowest BCUT2D eigenvalue weighted by Gasteiger charge is -2.23. The molecule has 0 spiro atoms. The van der Waals surface area contributed by atoms with E-state index in [1.807, 2.05) is 30.9 Å². The zero-order valence-corrected chi connectivity index (χ0v) is 17.1. The van der Waals surface area contributed by atoms with E-state index >= 15 is 0 Å². The standard InChI is InChI=1S/C20H21N7OS/c1-12-7-17-22-11-23-27(17)10-15(12)24-20-21-9-16-19(25-20)14(8-18(28)26(16)2)13-3-5-29-6-4-13/h7-11,13H,3-6H2,1-2H3,(H,21,24,25). The summed E-state index contributed by atoms with van der Waals surface area (Å²) in [6, 6.07) is 3.72. The van der Waals surface area contributed by atoms with Gasteiger partial charge in [-0.2, -0.15) is 16.9 Å². The molecule has 8 nitrogen and oxygen atoms in total. The molecular formula is C20H21N7OS. The van der Waals surface area contributed by atoms with Crippen LogP contribution in [0.2, 0.25) is 0 Å². The molecule has 0 unspecified atom stereocenters. The van der Waals surface area contributed by atoms with Crippen LogP contribution in [0.15, 0.2) is 35.6 Å². The summed E-state index contributed by atoms with van der Waals surface area (Å²) < 4.78 is 3.33. The molecule has 4 aromatic rings. The highest BCUT2D eigenvalue weighted by Crippen LogP contribution is 2.34. The molecule has 1 N–H and O–H groups in total. The van der Waals surface area contributed by atoms with Crippen LogP contribution in [0.25, 0.3) is 16.7 Å². The molecule has 0 bridgehead atoms. The first-order valence-corrected chi connectivity index (χ1v) is 10.8. The molecule has 5 rings (SSSR count). The summed E-state index contributed by atoms with van der Waals surface area (Å²) in [7, 11) is 1.77. The number of nitrogens with one attached hydrogen (secondary N) is 1. The first kappa shape index (κ1) is 18.1. The van der Waals surface area contributed by atoms with Crippen molar-refractivity contribution in [1.29, 1.82) is 0 Å². The highest BCUT2D eigenvalue weighted by Gasteiger charge is 2.21. The van der Waals surface area contributed by atoms with Crippen molar-refractivity contribution >= 4 is 40.1 Å². The predicted octanol–water partition coefficient (Wildman–Crippen LogP) is 3.03. The summed E-state index contributed by atoms with van der Waals surface area (Å²) in [5.74, 6) is 3.11. The Hall–Kier alpha value is -2.94. The number of aromatic nitrogens is 6.